The highest BCUT2D eigenvalue weighted by Gasteiger charge is 2.06. The van der Waals surface area contributed by atoms with E-state index in [9.17, 15) is 0 Å². The van der Waals surface area contributed by atoms with Gasteiger partial charge in [0.05, 0.1) is 14.2 Å². The minimum atomic E-state index is 0. The van der Waals surface area contributed by atoms with Crippen LogP contribution in [0.5, 0.6) is 11.5 Å². The van der Waals surface area contributed by atoms with Gasteiger partial charge in [0.1, 0.15) is 11.5 Å². The zero-order valence-electron chi connectivity index (χ0n) is 14.8. The van der Waals surface area contributed by atoms with Crippen LogP contribution in [0.1, 0.15) is 32.3 Å². The normalized spacial score (nSPS) is 11.0. The Bertz CT molecular complexity index is 479. The monoisotopic (exact) mass is 435 g/mol. The molecule has 132 valence electrons. The van der Waals surface area contributed by atoms with Gasteiger partial charge >= 0.3 is 0 Å². The largest absolute Gasteiger partial charge is 0.497 e. The molecule has 5 nitrogen and oxygen atoms in total. The van der Waals surface area contributed by atoms with Gasteiger partial charge in [-0.05, 0) is 30.9 Å². The Kier molecular flexibility index (Phi) is 11.6. The van der Waals surface area contributed by atoms with Crippen molar-refractivity contribution < 1.29 is 9.47 Å². The van der Waals surface area contributed by atoms with E-state index >= 15 is 0 Å². The topological polar surface area (TPSA) is 54.9 Å². The maximum absolute atomic E-state index is 5.40. The quantitative estimate of drug-likeness (QED) is 0.285. The number of benzene rings is 1. The molecular formula is C17H30IN3O2. The molecular weight excluding hydrogens is 405 g/mol. The molecule has 0 aliphatic rings. The Balaban J connectivity index is 0.00000484. The van der Waals surface area contributed by atoms with Crippen molar-refractivity contribution in [1.82, 2.24) is 10.6 Å². The van der Waals surface area contributed by atoms with E-state index in [0.29, 0.717) is 6.54 Å². The Hall–Kier alpha value is -1.18. The van der Waals surface area contributed by atoms with E-state index in [1.807, 2.05) is 18.2 Å². The molecule has 0 bridgehead atoms. The van der Waals surface area contributed by atoms with E-state index in [2.05, 4.69) is 29.5 Å². The summed E-state index contributed by atoms with van der Waals surface area (Å²) >= 11 is 0. The van der Waals surface area contributed by atoms with Gasteiger partial charge in [-0.25, -0.2) is 0 Å². The van der Waals surface area contributed by atoms with E-state index in [4.69, 9.17) is 9.47 Å². The van der Waals surface area contributed by atoms with Crippen molar-refractivity contribution in [2.75, 3.05) is 27.8 Å². The number of rotatable bonds is 8. The second-order valence-corrected chi connectivity index (χ2v) is 5.57. The smallest absolute Gasteiger partial charge is 0.191 e. The highest BCUT2D eigenvalue weighted by molar-refractivity contribution is 14.0. The number of methoxy groups -OCH3 is 2. The minimum absolute atomic E-state index is 0. The molecule has 0 radical (unpaired) electrons. The zero-order valence-corrected chi connectivity index (χ0v) is 17.1. The molecule has 0 fully saturated rings. The fraction of sp³-hybridized carbons (Fsp3) is 0.588. The first-order valence-electron chi connectivity index (χ1n) is 7.76. The molecule has 1 aromatic rings. The summed E-state index contributed by atoms with van der Waals surface area (Å²) in [7, 11) is 5.09. The third-order valence-electron chi connectivity index (χ3n) is 3.41. The summed E-state index contributed by atoms with van der Waals surface area (Å²) in [6, 6.07) is 5.81. The predicted octanol–water partition coefficient (Wildman–Crippen LogP) is 3.42. The molecule has 0 heterocycles. The number of aliphatic imine (C=N–C) groups is 1. The summed E-state index contributed by atoms with van der Waals surface area (Å²) in [5, 5.41) is 6.63. The second kappa shape index (κ2) is 12.3. The number of halogens is 1. The van der Waals surface area contributed by atoms with Gasteiger partial charge in [0.15, 0.2) is 5.96 Å². The van der Waals surface area contributed by atoms with Crippen LogP contribution in [-0.4, -0.2) is 33.8 Å². The molecule has 1 rings (SSSR count). The van der Waals surface area contributed by atoms with Gasteiger partial charge in [-0.2, -0.15) is 0 Å². The van der Waals surface area contributed by atoms with Crippen LogP contribution in [0.4, 0.5) is 0 Å². The van der Waals surface area contributed by atoms with Crippen LogP contribution < -0.4 is 20.1 Å². The maximum atomic E-state index is 5.40. The van der Waals surface area contributed by atoms with Crippen LogP contribution in [0, 0.1) is 5.92 Å². The first-order valence-corrected chi connectivity index (χ1v) is 7.76. The number of guanidine groups is 1. The van der Waals surface area contributed by atoms with E-state index in [-0.39, 0.29) is 24.0 Å². The Morgan fingerprint density at radius 1 is 1.17 bits per heavy atom. The summed E-state index contributed by atoms with van der Waals surface area (Å²) in [6.45, 7) is 6.06. The first-order chi connectivity index (χ1) is 10.6. The van der Waals surface area contributed by atoms with Crippen LogP contribution in [-0.2, 0) is 6.54 Å². The van der Waals surface area contributed by atoms with Crippen molar-refractivity contribution in [1.29, 1.82) is 0 Å². The molecule has 0 unspecified atom stereocenters. The van der Waals surface area contributed by atoms with Crippen molar-refractivity contribution in [2.24, 2.45) is 10.9 Å². The highest BCUT2D eigenvalue weighted by Crippen LogP contribution is 2.24. The SMILES string of the molecule is CN=C(NCCCC(C)C)NCc1ccc(OC)cc1OC.I. The summed E-state index contributed by atoms with van der Waals surface area (Å²) < 4.78 is 10.6. The molecule has 0 saturated carbocycles. The number of ether oxygens (including phenoxy) is 2. The standard InChI is InChI=1S/C17H29N3O2.HI/c1-13(2)7-6-10-19-17(18-3)20-12-14-8-9-15(21-4)11-16(14)22-5;/h8-9,11,13H,6-7,10,12H2,1-5H3,(H2,18,19,20);1H. The lowest BCUT2D eigenvalue weighted by Crippen LogP contribution is -2.37. The average Bonchev–Trinajstić information content (AvgIpc) is 2.53. The molecule has 0 aliphatic heterocycles. The van der Waals surface area contributed by atoms with Gasteiger partial charge in [-0.15, -0.1) is 24.0 Å². The summed E-state index contributed by atoms with van der Waals surface area (Å²) in [5.41, 5.74) is 1.06. The van der Waals surface area contributed by atoms with Crippen molar-refractivity contribution in [2.45, 2.75) is 33.2 Å². The van der Waals surface area contributed by atoms with E-state index < -0.39 is 0 Å². The lowest BCUT2D eigenvalue weighted by molar-refractivity contribution is 0.390. The van der Waals surface area contributed by atoms with Crippen molar-refractivity contribution in [3.05, 3.63) is 23.8 Å². The number of nitrogens with zero attached hydrogens (tertiary/aromatic N) is 1. The molecule has 1 aromatic carbocycles. The molecule has 0 saturated heterocycles. The van der Waals surface area contributed by atoms with Gasteiger partial charge in [0.2, 0.25) is 0 Å². The second-order valence-electron chi connectivity index (χ2n) is 5.57. The Morgan fingerprint density at radius 3 is 2.48 bits per heavy atom. The third-order valence-corrected chi connectivity index (χ3v) is 3.41. The lowest BCUT2D eigenvalue weighted by Gasteiger charge is -2.14. The van der Waals surface area contributed by atoms with Crippen LogP contribution in [0.3, 0.4) is 0 Å². The summed E-state index contributed by atoms with van der Waals surface area (Å²) in [6.07, 6.45) is 2.36. The fourth-order valence-electron chi connectivity index (χ4n) is 2.11. The van der Waals surface area contributed by atoms with Gasteiger partial charge in [-0.3, -0.25) is 4.99 Å². The molecule has 0 atom stereocenters. The summed E-state index contributed by atoms with van der Waals surface area (Å²) in [4.78, 5) is 4.24. The zero-order chi connectivity index (χ0) is 16.4. The number of hydrogen-bond acceptors (Lipinski definition) is 3. The van der Waals surface area contributed by atoms with Crippen molar-refractivity contribution >= 4 is 29.9 Å². The molecule has 2 N–H and O–H groups in total. The molecule has 0 spiro atoms. The van der Waals surface area contributed by atoms with Crippen LogP contribution in [0.2, 0.25) is 0 Å². The van der Waals surface area contributed by atoms with E-state index in [1.54, 1.807) is 21.3 Å². The number of nitrogens with one attached hydrogen (secondary N) is 2. The van der Waals surface area contributed by atoms with E-state index in [1.165, 1.54) is 6.42 Å². The maximum Gasteiger partial charge on any atom is 0.191 e. The third kappa shape index (κ3) is 8.29. The molecule has 6 heteroatoms. The average molecular weight is 435 g/mol. The fourth-order valence-corrected chi connectivity index (χ4v) is 2.11. The lowest BCUT2D eigenvalue weighted by atomic mass is 10.1. The minimum Gasteiger partial charge on any atom is -0.497 e. The Labute approximate surface area is 157 Å². The van der Waals surface area contributed by atoms with Crippen LogP contribution in [0.25, 0.3) is 0 Å². The Morgan fingerprint density at radius 2 is 1.91 bits per heavy atom. The van der Waals surface area contributed by atoms with Gasteiger partial charge < -0.3 is 20.1 Å². The van der Waals surface area contributed by atoms with Crippen LogP contribution >= 0.6 is 24.0 Å². The van der Waals surface area contributed by atoms with Gasteiger partial charge in [0.25, 0.3) is 0 Å². The molecule has 0 aliphatic carbocycles. The summed E-state index contributed by atoms with van der Waals surface area (Å²) in [5.74, 6) is 3.14. The van der Waals surface area contributed by atoms with Crippen LogP contribution in [0.15, 0.2) is 23.2 Å². The van der Waals surface area contributed by atoms with Gasteiger partial charge in [0, 0.05) is 31.8 Å². The van der Waals surface area contributed by atoms with E-state index in [0.717, 1.165) is 41.9 Å². The molecule has 23 heavy (non-hydrogen) atoms. The molecule has 0 amide bonds. The van der Waals surface area contributed by atoms with Crippen molar-refractivity contribution in [3.8, 4) is 11.5 Å². The number of hydrogen-bond donors (Lipinski definition) is 2. The van der Waals surface area contributed by atoms with Gasteiger partial charge in [-0.1, -0.05) is 13.8 Å². The molecule has 0 aromatic heterocycles. The highest BCUT2D eigenvalue weighted by atomic mass is 127. The predicted molar refractivity (Wildman–Crippen MR) is 107 cm³/mol. The van der Waals surface area contributed by atoms with Crippen molar-refractivity contribution in [3.63, 3.8) is 0 Å². The first kappa shape index (κ1) is 21.8.